The Morgan fingerprint density at radius 3 is 2.36 bits per heavy atom. The van der Waals surface area contributed by atoms with Gasteiger partial charge < -0.3 is 9.47 Å². The molecule has 28 heavy (non-hydrogen) atoms. The van der Waals surface area contributed by atoms with Gasteiger partial charge in [-0.3, -0.25) is 14.4 Å². The molecule has 5 nitrogen and oxygen atoms in total. The minimum absolute atomic E-state index is 0.0534. The van der Waals surface area contributed by atoms with E-state index in [2.05, 4.69) is 13.8 Å². The summed E-state index contributed by atoms with van der Waals surface area (Å²) in [5.41, 5.74) is -0.0849. The summed E-state index contributed by atoms with van der Waals surface area (Å²) in [6, 6.07) is 0. The fourth-order valence-electron chi connectivity index (χ4n) is 7.81. The Morgan fingerprint density at radius 2 is 1.68 bits per heavy atom. The SMILES string of the molecule is CC(=O)O[C@H]1CC[C@H]2[C@@H]3CC[C@H]4CC(=O)CC[C@]4(C)[C@H]3[C@H](OC(C)=O)C[C@]12C. The lowest BCUT2D eigenvalue weighted by atomic mass is 9.44. The van der Waals surface area contributed by atoms with Crippen LogP contribution in [0.1, 0.15) is 79.1 Å². The van der Waals surface area contributed by atoms with E-state index in [0.717, 1.165) is 38.5 Å². The smallest absolute Gasteiger partial charge is 0.302 e. The van der Waals surface area contributed by atoms with Crippen LogP contribution in [0.2, 0.25) is 0 Å². The molecule has 0 bridgehead atoms. The van der Waals surface area contributed by atoms with Gasteiger partial charge >= 0.3 is 11.9 Å². The minimum atomic E-state index is -0.231. The number of ether oxygens (including phenoxy) is 2. The molecule has 0 unspecified atom stereocenters. The highest BCUT2D eigenvalue weighted by Gasteiger charge is 2.64. The van der Waals surface area contributed by atoms with Crippen molar-refractivity contribution in [2.24, 2.45) is 34.5 Å². The van der Waals surface area contributed by atoms with E-state index < -0.39 is 0 Å². The Morgan fingerprint density at radius 1 is 0.964 bits per heavy atom. The highest BCUT2D eigenvalue weighted by Crippen LogP contribution is 2.66. The standard InChI is InChI=1S/C23H34O5/c1-13(24)27-19-12-23(4)18(7-8-20(23)28-14(2)25)17-6-5-15-11-16(26)9-10-22(15,3)21(17)19/h15,17-21H,5-12H2,1-4H3/t15-,17-,18-,19+,20-,21+,22-,23-/m0/s1. The van der Waals surface area contributed by atoms with Gasteiger partial charge in [-0.2, -0.15) is 0 Å². The molecule has 0 aromatic rings. The second-order valence-electron chi connectivity index (χ2n) is 10.4. The highest BCUT2D eigenvalue weighted by molar-refractivity contribution is 5.79. The second kappa shape index (κ2) is 6.84. The van der Waals surface area contributed by atoms with Gasteiger partial charge in [0.25, 0.3) is 0 Å². The number of carbonyl (C=O) groups excluding carboxylic acids is 3. The number of carbonyl (C=O) groups is 3. The Hall–Kier alpha value is -1.39. The summed E-state index contributed by atoms with van der Waals surface area (Å²) in [6.07, 6.45) is 6.90. The molecule has 0 N–H and O–H groups in total. The number of fused-ring (bicyclic) bond motifs is 5. The van der Waals surface area contributed by atoms with Crippen molar-refractivity contribution in [1.29, 1.82) is 0 Å². The van der Waals surface area contributed by atoms with Crippen LogP contribution in [0.25, 0.3) is 0 Å². The lowest BCUT2D eigenvalue weighted by Gasteiger charge is -2.61. The largest absolute Gasteiger partial charge is 0.462 e. The third kappa shape index (κ3) is 3.00. The van der Waals surface area contributed by atoms with Crippen molar-refractivity contribution in [3.05, 3.63) is 0 Å². The second-order valence-corrected chi connectivity index (χ2v) is 10.4. The Labute approximate surface area is 167 Å². The zero-order valence-corrected chi connectivity index (χ0v) is 17.7. The van der Waals surface area contributed by atoms with Gasteiger partial charge in [0.2, 0.25) is 0 Å². The van der Waals surface area contributed by atoms with Gasteiger partial charge in [0, 0.05) is 38.0 Å². The summed E-state index contributed by atoms with van der Waals surface area (Å²) in [4.78, 5) is 35.8. The van der Waals surface area contributed by atoms with E-state index in [9.17, 15) is 14.4 Å². The van der Waals surface area contributed by atoms with E-state index in [1.165, 1.54) is 13.8 Å². The molecule has 0 aromatic carbocycles. The van der Waals surface area contributed by atoms with Crippen molar-refractivity contribution in [3.63, 3.8) is 0 Å². The van der Waals surface area contributed by atoms with Crippen LogP contribution in [0.5, 0.6) is 0 Å². The zero-order valence-electron chi connectivity index (χ0n) is 17.7. The summed E-state index contributed by atoms with van der Waals surface area (Å²) in [6.45, 7) is 7.56. The van der Waals surface area contributed by atoms with E-state index >= 15 is 0 Å². The first-order chi connectivity index (χ1) is 13.1. The molecule has 0 radical (unpaired) electrons. The maximum Gasteiger partial charge on any atom is 0.302 e. The zero-order chi connectivity index (χ0) is 20.3. The van der Waals surface area contributed by atoms with Crippen molar-refractivity contribution < 1.29 is 23.9 Å². The van der Waals surface area contributed by atoms with Gasteiger partial charge in [-0.1, -0.05) is 13.8 Å². The summed E-state index contributed by atoms with van der Waals surface area (Å²) in [5, 5.41) is 0. The Balaban J connectivity index is 1.70. The van der Waals surface area contributed by atoms with Gasteiger partial charge in [-0.15, -0.1) is 0 Å². The third-order valence-corrected chi connectivity index (χ3v) is 8.93. The maximum absolute atomic E-state index is 12.1. The number of Topliss-reactive ketones (excluding diaryl/α,β-unsaturated/α-hetero) is 1. The number of rotatable bonds is 2. The van der Waals surface area contributed by atoms with Gasteiger partial charge in [0.1, 0.15) is 18.0 Å². The minimum Gasteiger partial charge on any atom is -0.462 e. The first-order valence-electron chi connectivity index (χ1n) is 11.0. The fourth-order valence-corrected chi connectivity index (χ4v) is 7.81. The average molecular weight is 391 g/mol. The number of hydrogen-bond donors (Lipinski definition) is 0. The lowest BCUT2D eigenvalue weighted by Crippen LogP contribution is -2.60. The summed E-state index contributed by atoms with van der Waals surface area (Å²) in [7, 11) is 0. The van der Waals surface area contributed by atoms with Crippen LogP contribution in [0.4, 0.5) is 0 Å². The average Bonchev–Trinajstić information content (AvgIpc) is 2.90. The van der Waals surface area contributed by atoms with E-state index in [4.69, 9.17) is 9.47 Å². The molecular weight excluding hydrogens is 356 g/mol. The highest BCUT2D eigenvalue weighted by atomic mass is 16.6. The van der Waals surface area contributed by atoms with Crippen molar-refractivity contribution in [2.75, 3.05) is 0 Å². The molecule has 4 aliphatic carbocycles. The first kappa shape index (κ1) is 19.9. The van der Waals surface area contributed by atoms with Crippen molar-refractivity contribution in [1.82, 2.24) is 0 Å². The quantitative estimate of drug-likeness (QED) is 0.665. The monoisotopic (exact) mass is 390 g/mol. The van der Waals surface area contributed by atoms with Crippen LogP contribution < -0.4 is 0 Å². The first-order valence-corrected chi connectivity index (χ1v) is 11.0. The summed E-state index contributed by atoms with van der Waals surface area (Å²) < 4.78 is 11.7. The number of esters is 2. The molecule has 0 aliphatic heterocycles. The fraction of sp³-hybridized carbons (Fsp3) is 0.870. The molecule has 4 fully saturated rings. The molecule has 0 saturated heterocycles. The van der Waals surface area contributed by atoms with E-state index in [-0.39, 0.29) is 35.0 Å². The third-order valence-electron chi connectivity index (χ3n) is 8.93. The molecule has 0 aromatic heterocycles. The Bertz CT molecular complexity index is 686. The van der Waals surface area contributed by atoms with E-state index in [1.807, 2.05) is 0 Å². The molecular formula is C23H34O5. The van der Waals surface area contributed by atoms with Gasteiger partial charge in [-0.05, 0) is 61.7 Å². The van der Waals surface area contributed by atoms with E-state index in [0.29, 0.717) is 42.3 Å². The van der Waals surface area contributed by atoms with Gasteiger partial charge in [0.15, 0.2) is 0 Å². The molecule has 0 heterocycles. The predicted molar refractivity (Wildman–Crippen MR) is 103 cm³/mol. The van der Waals surface area contributed by atoms with Crippen LogP contribution in [0.15, 0.2) is 0 Å². The Kier molecular flexibility index (Phi) is 4.86. The van der Waals surface area contributed by atoms with Crippen LogP contribution in [-0.4, -0.2) is 29.9 Å². The molecule has 156 valence electrons. The van der Waals surface area contributed by atoms with E-state index in [1.54, 1.807) is 0 Å². The summed E-state index contributed by atoms with van der Waals surface area (Å²) in [5.74, 6) is 1.61. The topological polar surface area (TPSA) is 69.7 Å². The lowest BCUT2D eigenvalue weighted by molar-refractivity contribution is -0.201. The van der Waals surface area contributed by atoms with Crippen molar-refractivity contribution in [3.8, 4) is 0 Å². The molecule has 4 rings (SSSR count). The van der Waals surface area contributed by atoms with Crippen LogP contribution in [0.3, 0.4) is 0 Å². The molecule has 4 saturated carbocycles. The predicted octanol–water partition coefficient (Wildman–Crippen LogP) is 4.07. The molecule has 8 atom stereocenters. The van der Waals surface area contributed by atoms with Crippen molar-refractivity contribution >= 4 is 17.7 Å². The van der Waals surface area contributed by atoms with Gasteiger partial charge in [-0.25, -0.2) is 0 Å². The summed E-state index contributed by atoms with van der Waals surface area (Å²) >= 11 is 0. The number of ketones is 1. The number of hydrogen-bond acceptors (Lipinski definition) is 5. The van der Waals surface area contributed by atoms with Crippen LogP contribution in [-0.2, 0) is 23.9 Å². The molecule has 0 spiro atoms. The molecule has 4 aliphatic rings. The van der Waals surface area contributed by atoms with Crippen LogP contribution in [0, 0.1) is 34.5 Å². The van der Waals surface area contributed by atoms with Crippen LogP contribution >= 0.6 is 0 Å². The molecule has 5 heteroatoms. The van der Waals surface area contributed by atoms with Gasteiger partial charge in [0.05, 0.1) is 0 Å². The maximum atomic E-state index is 12.1. The van der Waals surface area contributed by atoms with Crippen molar-refractivity contribution in [2.45, 2.75) is 91.3 Å². The normalized spacial score (nSPS) is 47.5. The molecule has 0 amide bonds.